The molecule has 0 saturated carbocycles. The lowest BCUT2D eigenvalue weighted by Crippen LogP contribution is -2.41. The van der Waals surface area contributed by atoms with Gasteiger partial charge in [-0.15, -0.1) is 0 Å². The molecule has 1 atom stereocenters. The molecule has 0 amide bonds. The molecule has 0 fully saturated rings. The smallest absolute Gasteiger partial charge is 0.323 e. The summed E-state index contributed by atoms with van der Waals surface area (Å²) in [7, 11) is 4.03. The van der Waals surface area contributed by atoms with E-state index in [0.29, 0.717) is 6.61 Å². The van der Waals surface area contributed by atoms with Gasteiger partial charge in [-0.05, 0) is 39.4 Å². The zero-order valence-corrected chi connectivity index (χ0v) is 11.6. The maximum absolute atomic E-state index is 11.6. The van der Waals surface area contributed by atoms with Gasteiger partial charge in [-0.3, -0.25) is 4.79 Å². The highest BCUT2D eigenvalue weighted by atomic mass is 32.2. The topological polar surface area (TPSA) is 41.6 Å². The molecular formula is C11H24N2O2S. The molecule has 16 heavy (non-hydrogen) atoms. The average molecular weight is 248 g/mol. The molecule has 0 aliphatic heterocycles. The highest BCUT2D eigenvalue weighted by Gasteiger charge is 2.18. The SMILES string of the molecule is CCOC(=O)C(CCSC)NCCN(C)C. The van der Waals surface area contributed by atoms with E-state index >= 15 is 0 Å². The number of hydrogen-bond acceptors (Lipinski definition) is 5. The number of nitrogens with one attached hydrogen (secondary N) is 1. The van der Waals surface area contributed by atoms with Crippen LogP contribution in [-0.4, -0.2) is 62.7 Å². The quantitative estimate of drug-likeness (QED) is 0.612. The molecule has 0 aliphatic rings. The van der Waals surface area contributed by atoms with Gasteiger partial charge in [0.25, 0.3) is 0 Å². The van der Waals surface area contributed by atoms with Crippen molar-refractivity contribution in [2.45, 2.75) is 19.4 Å². The van der Waals surface area contributed by atoms with Crippen molar-refractivity contribution in [1.29, 1.82) is 0 Å². The van der Waals surface area contributed by atoms with Crippen LogP contribution in [0, 0.1) is 0 Å². The van der Waals surface area contributed by atoms with E-state index in [1.54, 1.807) is 11.8 Å². The first-order chi connectivity index (χ1) is 7.61. The molecular weight excluding hydrogens is 224 g/mol. The first-order valence-electron chi connectivity index (χ1n) is 5.65. The molecule has 0 heterocycles. The number of nitrogens with zero attached hydrogens (tertiary/aromatic N) is 1. The molecule has 0 radical (unpaired) electrons. The Balaban J connectivity index is 3.94. The van der Waals surface area contributed by atoms with Crippen molar-refractivity contribution in [1.82, 2.24) is 10.2 Å². The van der Waals surface area contributed by atoms with Gasteiger partial charge in [-0.1, -0.05) is 0 Å². The van der Waals surface area contributed by atoms with Crippen LogP contribution < -0.4 is 5.32 Å². The van der Waals surface area contributed by atoms with E-state index in [1.165, 1.54) is 0 Å². The van der Waals surface area contributed by atoms with Gasteiger partial charge in [-0.2, -0.15) is 11.8 Å². The molecule has 0 spiro atoms. The molecule has 0 aromatic rings. The Morgan fingerprint density at radius 3 is 2.69 bits per heavy atom. The first kappa shape index (κ1) is 15.7. The highest BCUT2D eigenvalue weighted by molar-refractivity contribution is 7.98. The number of carbonyl (C=O) groups is 1. The van der Waals surface area contributed by atoms with E-state index in [4.69, 9.17) is 4.74 Å². The Morgan fingerprint density at radius 1 is 1.50 bits per heavy atom. The maximum Gasteiger partial charge on any atom is 0.323 e. The molecule has 5 heteroatoms. The molecule has 1 N–H and O–H groups in total. The van der Waals surface area contributed by atoms with Gasteiger partial charge in [0.1, 0.15) is 6.04 Å². The summed E-state index contributed by atoms with van der Waals surface area (Å²) in [4.78, 5) is 13.7. The average Bonchev–Trinajstić information content (AvgIpc) is 2.22. The molecule has 1 unspecified atom stereocenters. The molecule has 96 valence electrons. The predicted molar refractivity (Wildman–Crippen MR) is 70.0 cm³/mol. The first-order valence-corrected chi connectivity index (χ1v) is 7.04. The summed E-state index contributed by atoms with van der Waals surface area (Å²) in [6, 6.07) is -0.160. The third-order valence-corrected chi connectivity index (χ3v) is 2.78. The van der Waals surface area contributed by atoms with Crippen molar-refractivity contribution in [2.75, 3.05) is 45.8 Å². The van der Waals surface area contributed by atoms with Crippen LogP contribution in [0.1, 0.15) is 13.3 Å². The fourth-order valence-electron chi connectivity index (χ4n) is 1.24. The van der Waals surface area contributed by atoms with Crippen LogP contribution in [-0.2, 0) is 9.53 Å². The lowest BCUT2D eigenvalue weighted by molar-refractivity contribution is -0.145. The Labute approximate surface area is 103 Å². The van der Waals surface area contributed by atoms with Crippen molar-refractivity contribution < 1.29 is 9.53 Å². The monoisotopic (exact) mass is 248 g/mol. The number of hydrogen-bond donors (Lipinski definition) is 1. The molecule has 0 rings (SSSR count). The fourth-order valence-corrected chi connectivity index (χ4v) is 1.72. The maximum atomic E-state index is 11.6. The Kier molecular flexibility index (Phi) is 9.77. The standard InChI is InChI=1S/C11H24N2O2S/c1-5-15-11(14)10(6-9-16-4)12-7-8-13(2)3/h10,12H,5-9H2,1-4H3. The van der Waals surface area contributed by atoms with Crippen LogP contribution in [0.25, 0.3) is 0 Å². The van der Waals surface area contributed by atoms with Crippen LogP contribution >= 0.6 is 11.8 Å². The second-order valence-electron chi connectivity index (χ2n) is 3.84. The molecule has 0 aromatic heterocycles. The third kappa shape index (κ3) is 7.96. The minimum absolute atomic E-state index is 0.129. The highest BCUT2D eigenvalue weighted by Crippen LogP contribution is 2.02. The lowest BCUT2D eigenvalue weighted by atomic mass is 10.2. The van der Waals surface area contributed by atoms with E-state index in [0.717, 1.165) is 25.3 Å². The Bertz CT molecular complexity index is 189. The van der Waals surface area contributed by atoms with E-state index in [1.807, 2.05) is 27.3 Å². The number of esters is 1. The largest absolute Gasteiger partial charge is 0.465 e. The lowest BCUT2D eigenvalue weighted by Gasteiger charge is -2.18. The molecule has 0 saturated heterocycles. The summed E-state index contributed by atoms with van der Waals surface area (Å²) >= 11 is 1.75. The van der Waals surface area contributed by atoms with Crippen molar-refractivity contribution in [3.63, 3.8) is 0 Å². The van der Waals surface area contributed by atoms with Gasteiger partial charge in [0.2, 0.25) is 0 Å². The van der Waals surface area contributed by atoms with Crippen molar-refractivity contribution in [3.8, 4) is 0 Å². The summed E-state index contributed by atoms with van der Waals surface area (Å²) in [5.41, 5.74) is 0. The van der Waals surface area contributed by atoms with Crippen molar-refractivity contribution >= 4 is 17.7 Å². The van der Waals surface area contributed by atoms with Crippen LogP contribution in [0.2, 0.25) is 0 Å². The number of likely N-dealkylation sites (N-methyl/N-ethyl adjacent to an activating group) is 1. The van der Waals surface area contributed by atoms with Crippen LogP contribution in [0.5, 0.6) is 0 Å². The number of rotatable bonds is 9. The van der Waals surface area contributed by atoms with Crippen molar-refractivity contribution in [3.05, 3.63) is 0 Å². The number of ether oxygens (including phenoxy) is 1. The summed E-state index contributed by atoms with van der Waals surface area (Å²) in [6.45, 7) is 4.02. The summed E-state index contributed by atoms with van der Waals surface area (Å²) in [5, 5.41) is 3.24. The minimum atomic E-state index is -0.160. The van der Waals surface area contributed by atoms with E-state index in [-0.39, 0.29) is 12.0 Å². The van der Waals surface area contributed by atoms with Crippen LogP contribution in [0.4, 0.5) is 0 Å². The third-order valence-electron chi connectivity index (χ3n) is 2.13. The zero-order valence-electron chi connectivity index (χ0n) is 10.8. The minimum Gasteiger partial charge on any atom is -0.465 e. The molecule has 0 aromatic carbocycles. The van der Waals surface area contributed by atoms with Gasteiger partial charge >= 0.3 is 5.97 Å². The van der Waals surface area contributed by atoms with E-state index in [9.17, 15) is 4.79 Å². The van der Waals surface area contributed by atoms with Gasteiger partial charge in [-0.25, -0.2) is 0 Å². The fraction of sp³-hybridized carbons (Fsp3) is 0.909. The second-order valence-corrected chi connectivity index (χ2v) is 4.83. The van der Waals surface area contributed by atoms with Gasteiger partial charge in [0, 0.05) is 13.1 Å². The van der Waals surface area contributed by atoms with Gasteiger partial charge in [0.15, 0.2) is 0 Å². The van der Waals surface area contributed by atoms with Crippen LogP contribution in [0.3, 0.4) is 0 Å². The van der Waals surface area contributed by atoms with Gasteiger partial charge < -0.3 is 15.0 Å². The number of carbonyl (C=O) groups excluding carboxylic acids is 1. The Hall–Kier alpha value is -0.260. The van der Waals surface area contributed by atoms with Crippen LogP contribution in [0.15, 0.2) is 0 Å². The summed E-state index contributed by atoms with van der Waals surface area (Å²) in [5.74, 6) is 0.841. The molecule has 4 nitrogen and oxygen atoms in total. The predicted octanol–water partition coefficient (Wildman–Crippen LogP) is 0.822. The summed E-state index contributed by atoms with van der Waals surface area (Å²) < 4.78 is 5.03. The summed E-state index contributed by atoms with van der Waals surface area (Å²) in [6.07, 6.45) is 2.87. The zero-order chi connectivity index (χ0) is 12.4. The number of thioether (sulfide) groups is 1. The van der Waals surface area contributed by atoms with Crippen molar-refractivity contribution in [2.24, 2.45) is 0 Å². The second kappa shape index (κ2) is 9.93. The van der Waals surface area contributed by atoms with E-state index < -0.39 is 0 Å². The molecule has 0 aliphatic carbocycles. The van der Waals surface area contributed by atoms with Gasteiger partial charge in [0.05, 0.1) is 6.61 Å². The normalized spacial score (nSPS) is 12.8. The van der Waals surface area contributed by atoms with E-state index in [2.05, 4.69) is 10.2 Å². The Morgan fingerprint density at radius 2 is 2.19 bits per heavy atom. The molecule has 0 bridgehead atoms.